The lowest BCUT2D eigenvalue weighted by atomic mass is 10.0. The van der Waals surface area contributed by atoms with Crippen molar-refractivity contribution in [3.8, 4) is 0 Å². The third-order valence-electron chi connectivity index (χ3n) is 7.19. The summed E-state index contributed by atoms with van der Waals surface area (Å²) in [4.78, 5) is 2.54. The Morgan fingerprint density at radius 1 is 0.576 bits per heavy atom. The van der Waals surface area contributed by atoms with E-state index < -0.39 is 0 Å². The van der Waals surface area contributed by atoms with Crippen LogP contribution in [-0.4, -0.2) is 31.0 Å². The highest BCUT2D eigenvalue weighted by molar-refractivity contribution is 4.93. The van der Waals surface area contributed by atoms with Crippen molar-refractivity contribution < 1.29 is 0 Å². The number of hydrogen-bond donors (Lipinski definition) is 0. The van der Waals surface area contributed by atoms with Crippen LogP contribution in [0.25, 0.3) is 0 Å². The molecule has 0 bridgehead atoms. The topological polar surface area (TPSA) is 38.9 Å². The van der Waals surface area contributed by atoms with E-state index in [4.69, 9.17) is 0 Å². The summed E-state index contributed by atoms with van der Waals surface area (Å²) >= 11 is 0. The largest absolute Gasteiger partial charge is 0.255 e. The average molecular weight is 458 g/mol. The molecule has 0 spiro atoms. The van der Waals surface area contributed by atoms with Gasteiger partial charge in [0.2, 0.25) is 0 Å². The summed E-state index contributed by atoms with van der Waals surface area (Å²) in [5.74, 6) is 0. The Balaban J connectivity index is 1.69. The number of aromatic nitrogens is 4. The highest BCUT2D eigenvalue weighted by atomic mass is 15.5. The van der Waals surface area contributed by atoms with Gasteiger partial charge in [0.05, 0.1) is 0 Å². The first-order valence-corrected chi connectivity index (χ1v) is 13.7. The molecule has 0 N–H and O–H groups in total. The van der Waals surface area contributed by atoms with Gasteiger partial charge in [0, 0.05) is 31.3 Å². The van der Waals surface area contributed by atoms with Gasteiger partial charge in [-0.25, -0.2) is 0 Å². The summed E-state index contributed by atoms with van der Waals surface area (Å²) < 4.78 is 4.14. The molecule has 0 fully saturated rings. The number of unbranched alkanes of at least 4 members (excludes halogenated alkanes) is 13. The number of hydrogen-bond acceptors (Lipinski definition) is 3. The molecule has 33 heavy (non-hydrogen) atoms. The first-order valence-electron chi connectivity index (χ1n) is 13.7. The highest BCUT2D eigenvalue weighted by Gasteiger charge is 2.40. The quantitative estimate of drug-likeness (QED) is 0.201. The van der Waals surface area contributed by atoms with Crippen LogP contribution >= 0.6 is 0 Å². The molecular formula is C28H51N5. The van der Waals surface area contributed by atoms with E-state index in [0.717, 1.165) is 6.54 Å². The van der Waals surface area contributed by atoms with Gasteiger partial charge in [0.25, 0.3) is 0 Å². The second kappa shape index (κ2) is 14.6. The summed E-state index contributed by atoms with van der Waals surface area (Å²) in [6, 6.07) is 4.01. The molecule has 0 atom stereocenters. The smallest absolute Gasteiger partial charge is 0.111 e. The molecular weight excluding hydrogens is 406 g/mol. The maximum absolute atomic E-state index is 4.57. The van der Waals surface area contributed by atoms with Crippen LogP contribution in [0.2, 0.25) is 0 Å². The zero-order valence-electron chi connectivity index (χ0n) is 22.3. The summed E-state index contributed by atoms with van der Waals surface area (Å²) in [5.41, 5.74) is -0.481. The van der Waals surface area contributed by atoms with Crippen molar-refractivity contribution in [1.29, 1.82) is 0 Å². The fourth-order valence-electron chi connectivity index (χ4n) is 5.11. The molecule has 2 heterocycles. The standard InChI is InChI=1S/C28H51N5/c1-6-7-8-9-10-11-12-13-14-15-16-17-18-19-24-31(27(2,3)32-25-20-22-29-32)28(4,5)33-26-21-23-30-33/h20-23,25-26H,6-19,24H2,1-5H3. The minimum Gasteiger partial charge on any atom is -0.255 e. The molecule has 5 heteroatoms. The molecule has 0 unspecified atom stereocenters. The molecule has 0 aliphatic heterocycles. The Hall–Kier alpha value is -1.62. The summed E-state index contributed by atoms with van der Waals surface area (Å²) in [6.07, 6.45) is 27.3. The minimum absolute atomic E-state index is 0.241. The van der Waals surface area contributed by atoms with Crippen LogP contribution < -0.4 is 0 Å². The van der Waals surface area contributed by atoms with Crippen molar-refractivity contribution in [2.24, 2.45) is 0 Å². The van der Waals surface area contributed by atoms with Crippen LogP contribution in [0.4, 0.5) is 0 Å². The van der Waals surface area contributed by atoms with Gasteiger partial charge >= 0.3 is 0 Å². The number of rotatable bonds is 19. The second-order valence-electron chi connectivity index (χ2n) is 10.6. The van der Waals surface area contributed by atoms with Gasteiger partial charge < -0.3 is 0 Å². The monoisotopic (exact) mass is 457 g/mol. The summed E-state index contributed by atoms with van der Waals surface area (Å²) in [7, 11) is 0. The molecule has 0 amide bonds. The first kappa shape index (κ1) is 27.6. The van der Waals surface area contributed by atoms with Crippen LogP contribution in [0.5, 0.6) is 0 Å². The molecule has 2 aromatic rings. The van der Waals surface area contributed by atoms with E-state index >= 15 is 0 Å². The Morgan fingerprint density at radius 3 is 1.27 bits per heavy atom. The van der Waals surface area contributed by atoms with Gasteiger partial charge in [-0.3, -0.25) is 14.3 Å². The average Bonchev–Trinajstić information content (AvgIpc) is 3.51. The molecule has 188 valence electrons. The van der Waals surface area contributed by atoms with Gasteiger partial charge in [-0.05, 0) is 46.2 Å². The predicted octanol–water partition coefficient (Wildman–Crippen LogP) is 7.95. The Morgan fingerprint density at radius 2 is 0.939 bits per heavy atom. The molecule has 0 saturated heterocycles. The van der Waals surface area contributed by atoms with E-state index in [2.05, 4.69) is 71.5 Å². The van der Waals surface area contributed by atoms with Crippen molar-refractivity contribution in [2.75, 3.05) is 6.54 Å². The third-order valence-corrected chi connectivity index (χ3v) is 7.19. The molecule has 2 rings (SSSR count). The lowest BCUT2D eigenvalue weighted by Crippen LogP contribution is -2.58. The summed E-state index contributed by atoms with van der Waals surface area (Å²) in [6.45, 7) is 12.4. The lowest BCUT2D eigenvalue weighted by molar-refractivity contribution is -0.0867. The molecule has 5 nitrogen and oxygen atoms in total. The van der Waals surface area contributed by atoms with Crippen LogP contribution in [0.1, 0.15) is 125 Å². The lowest BCUT2D eigenvalue weighted by Gasteiger charge is -2.48. The fraction of sp³-hybridized carbons (Fsp3) is 0.786. The predicted molar refractivity (Wildman–Crippen MR) is 140 cm³/mol. The third kappa shape index (κ3) is 8.92. The molecule has 0 aliphatic rings. The van der Waals surface area contributed by atoms with Gasteiger partial charge in [0.1, 0.15) is 11.3 Å². The van der Waals surface area contributed by atoms with E-state index in [9.17, 15) is 0 Å². The van der Waals surface area contributed by atoms with Crippen LogP contribution in [0.3, 0.4) is 0 Å². The first-order chi connectivity index (χ1) is 15.9. The van der Waals surface area contributed by atoms with Gasteiger partial charge in [-0.2, -0.15) is 10.2 Å². The maximum Gasteiger partial charge on any atom is 0.111 e. The van der Waals surface area contributed by atoms with Crippen LogP contribution in [0.15, 0.2) is 36.9 Å². The normalized spacial score (nSPS) is 12.7. The fourth-order valence-corrected chi connectivity index (χ4v) is 5.11. The summed E-state index contributed by atoms with van der Waals surface area (Å²) in [5, 5.41) is 9.13. The molecule has 0 aromatic carbocycles. The second-order valence-corrected chi connectivity index (χ2v) is 10.6. The van der Waals surface area contributed by atoms with Crippen molar-refractivity contribution in [2.45, 2.75) is 136 Å². The van der Waals surface area contributed by atoms with Gasteiger partial charge in [-0.1, -0.05) is 90.4 Å². The van der Waals surface area contributed by atoms with Crippen molar-refractivity contribution in [3.63, 3.8) is 0 Å². The zero-order valence-corrected chi connectivity index (χ0v) is 22.3. The van der Waals surface area contributed by atoms with Gasteiger partial charge in [-0.15, -0.1) is 0 Å². The maximum atomic E-state index is 4.57. The molecule has 0 radical (unpaired) electrons. The van der Waals surface area contributed by atoms with E-state index in [0.29, 0.717) is 0 Å². The Bertz CT molecular complexity index is 656. The highest BCUT2D eigenvalue weighted by Crippen LogP contribution is 2.32. The minimum atomic E-state index is -0.241. The van der Waals surface area contributed by atoms with Crippen molar-refractivity contribution >= 4 is 0 Å². The number of nitrogens with zero attached hydrogens (tertiary/aromatic N) is 5. The Labute approximate surface area is 203 Å². The van der Waals surface area contributed by atoms with Crippen molar-refractivity contribution in [3.05, 3.63) is 36.9 Å². The Kier molecular flexibility index (Phi) is 12.2. The van der Waals surface area contributed by atoms with E-state index in [1.54, 1.807) is 0 Å². The van der Waals surface area contributed by atoms with Crippen LogP contribution in [0, 0.1) is 0 Å². The van der Waals surface area contributed by atoms with E-state index in [-0.39, 0.29) is 11.3 Å². The van der Waals surface area contributed by atoms with Crippen molar-refractivity contribution in [1.82, 2.24) is 24.5 Å². The van der Waals surface area contributed by atoms with E-state index in [1.807, 2.05) is 24.5 Å². The van der Waals surface area contributed by atoms with Crippen LogP contribution in [-0.2, 0) is 11.3 Å². The SMILES string of the molecule is CCCCCCCCCCCCCCCCN(C(C)(C)n1cccn1)C(C)(C)n1cccn1. The zero-order chi connectivity index (χ0) is 24.0. The van der Waals surface area contributed by atoms with E-state index in [1.165, 1.54) is 89.9 Å². The molecule has 0 aliphatic carbocycles. The molecule has 0 saturated carbocycles. The molecule has 2 aromatic heterocycles. The van der Waals surface area contributed by atoms with Gasteiger partial charge in [0.15, 0.2) is 0 Å².